The predicted octanol–water partition coefficient (Wildman–Crippen LogP) is 3.78. The van der Waals surface area contributed by atoms with Crippen molar-refractivity contribution in [1.29, 1.82) is 0 Å². The first-order valence-corrected chi connectivity index (χ1v) is 9.02. The first-order chi connectivity index (χ1) is 10.3. The molecule has 1 aromatic heterocycles. The largest absolute Gasteiger partial charge is 0.295 e. The van der Waals surface area contributed by atoms with Crippen molar-refractivity contribution in [3.63, 3.8) is 0 Å². The van der Waals surface area contributed by atoms with Crippen molar-refractivity contribution in [1.82, 2.24) is 0 Å². The quantitative estimate of drug-likeness (QED) is 0.572. The van der Waals surface area contributed by atoms with Gasteiger partial charge in [-0.1, -0.05) is 32.0 Å². The standard InChI is InChI=1S/C16H14O4S2/c1-9(2)10-7-8-13(22(18,19)20)16-14(10)15(17)11-5-3-4-6-12(11)21-16/h3-9H,1-2H3,(H,18,19,20). The monoisotopic (exact) mass is 334 g/mol. The van der Waals surface area contributed by atoms with Gasteiger partial charge < -0.3 is 0 Å². The fraction of sp³-hybridized carbons (Fsp3) is 0.188. The third kappa shape index (κ3) is 2.33. The summed E-state index contributed by atoms with van der Waals surface area (Å²) in [4.78, 5) is 12.6. The lowest BCUT2D eigenvalue weighted by atomic mass is 9.98. The maximum absolute atomic E-state index is 12.8. The van der Waals surface area contributed by atoms with Crippen molar-refractivity contribution in [3.05, 3.63) is 52.2 Å². The normalized spacial score (nSPS) is 12.4. The van der Waals surface area contributed by atoms with Gasteiger partial charge in [-0.25, -0.2) is 0 Å². The van der Waals surface area contributed by atoms with Crippen molar-refractivity contribution < 1.29 is 13.0 Å². The molecule has 0 saturated heterocycles. The minimum Gasteiger partial charge on any atom is -0.288 e. The lowest BCUT2D eigenvalue weighted by Gasteiger charge is -2.12. The van der Waals surface area contributed by atoms with Gasteiger partial charge in [0, 0.05) is 15.5 Å². The molecule has 0 fully saturated rings. The molecule has 0 radical (unpaired) electrons. The second-order valence-electron chi connectivity index (χ2n) is 5.41. The van der Waals surface area contributed by atoms with Crippen LogP contribution in [0.4, 0.5) is 0 Å². The zero-order chi connectivity index (χ0) is 16.1. The Morgan fingerprint density at radius 2 is 1.77 bits per heavy atom. The topological polar surface area (TPSA) is 71.4 Å². The first-order valence-electron chi connectivity index (χ1n) is 6.76. The van der Waals surface area contributed by atoms with Crippen molar-refractivity contribution in [2.75, 3.05) is 0 Å². The van der Waals surface area contributed by atoms with Crippen molar-refractivity contribution in [2.24, 2.45) is 0 Å². The molecule has 3 aromatic rings. The molecule has 0 saturated carbocycles. The maximum Gasteiger partial charge on any atom is 0.295 e. The fourth-order valence-electron chi connectivity index (χ4n) is 2.59. The van der Waals surface area contributed by atoms with Gasteiger partial charge in [-0.15, -0.1) is 11.3 Å². The fourth-order valence-corrected chi connectivity index (χ4v) is 4.72. The Bertz CT molecular complexity index is 1050. The molecule has 0 unspecified atom stereocenters. The smallest absolute Gasteiger partial charge is 0.288 e. The Labute approximate surface area is 131 Å². The second-order valence-corrected chi connectivity index (χ2v) is 7.86. The van der Waals surface area contributed by atoms with Gasteiger partial charge >= 0.3 is 0 Å². The summed E-state index contributed by atoms with van der Waals surface area (Å²) in [5, 5.41) is 0.947. The van der Waals surface area contributed by atoms with E-state index < -0.39 is 10.1 Å². The van der Waals surface area contributed by atoms with E-state index in [1.807, 2.05) is 13.8 Å². The third-order valence-electron chi connectivity index (χ3n) is 3.62. The highest BCUT2D eigenvalue weighted by Crippen LogP contribution is 2.34. The third-order valence-corrected chi connectivity index (χ3v) is 5.85. The molecule has 22 heavy (non-hydrogen) atoms. The summed E-state index contributed by atoms with van der Waals surface area (Å²) in [7, 11) is -4.39. The van der Waals surface area contributed by atoms with Gasteiger partial charge in [0.15, 0.2) is 5.43 Å². The lowest BCUT2D eigenvalue weighted by Crippen LogP contribution is -2.08. The van der Waals surface area contributed by atoms with Crippen molar-refractivity contribution in [2.45, 2.75) is 24.7 Å². The molecule has 0 bridgehead atoms. The molecule has 2 aromatic carbocycles. The molecule has 1 N–H and O–H groups in total. The van der Waals surface area contributed by atoms with Crippen molar-refractivity contribution in [3.8, 4) is 0 Å². The molecule has 6 heteroatoms. The second kappa shape index (κ2) is 5.15. The molecular weight excluding hydrogens is 320 g/mol. The summed E-state index contributed by atoms with van der Waals surface area (Å²) < 4.78 is 33.7. The lowest BCUT2D eigenvalue weighted by molar-refractivity contribution is 0.484. The minimum absolute atomic E-state index is 0.0685. The molecule has 1 heterocycles. The summed E-state index contributed by atoms with van der Waals surface area (Å²) in [5.41, 5.74) is 0.591. The predicted molar refractivity (Wildman–Crippen MR) is 89.5 cm³/mol. The Balaban J connectivity index is 2.65. The molecule has 0 atom stereocenters. The number of fused-ring (bicyclic) bond motifs is 2. The van der Waals surface area contributed by atoms with Crippen molar-refractivity contribution >= 4 is 41.6 Å². The molecule has 3 rings (SSSR count). The Morgan fingerprint density at radius 3 is 2.41 bits per heavy atom. The van der Waals surface area contributed by atoms with E-state index in [1.165, 1.54) is 17.4 Å². The van der Waals surface area contributed by atoms with Crippen LogP contribution in [0.3, 0.4) is 0 Å². The zero-order valence-electron chi connectivity index (χ0n) is 12.0. The van der Waals surface area contributed by atoms with E-state index in [0.29, 0.717) is 20.2 Å². The van der Waals surface area contributed by atoms with Crippen LogP contribution in [0.25, 0.3) is 20.2 Å². The summed E-state index contributed by atoms with van der Waals surface area (Å²) in [6.45, 7) is 3.89. The highest BCUT2D eigenvalue weighted by atomic mass is 32.2. The van der Waals surface area contributed by atoms with E-state index in [2.05, 4.69) is 0 Å². The Morgan fingerprint density at radius 1 is 1.09 bits per heavy atom. The van der Waals surface area contributed by atoms with E-state index in [4.69, 9.17) is 0 Å². The summed E-state index contributed by atoms with van der Waals surface area (Å²) in [6, 6.07) is 10.1. The minimum atomic E-state index is -4.39. The average molecular weight is 334 g/mol. The number of rotatable bonds is 2. The first kappa shape index (κ1) is 15.1. The van der Waals surface area contributed by atoms with Crippen LogP contribution >= 0.6 is 11.3 Å². The molecule has 114 valence electrons. The highest BCUT2D eigenvalue weighted by molar-refractivity contribution is 7.86. The van der Waals surface area contributed by atoms with Crippen LogP contribution in [0.2, 0.25) is 0 Å². The van der Waals surface area contributed by atoms with Gasteiger partial charge in [0.1, 0.15) is 4.90 Å². The van der Waals surface area contributed by atoms with Gasteiger partial charge in [0.05, 0.1) is 4.70 Å². The van der Waals surface area contributed by atoms with Gasteiger partial charge in [0.25, 0.3) is 10.1 Å². The molecule has 4 nitrogen and oxygen atoms in total. The van der Waals surface area contributed by atoms with Gasteiger partial charge in [0.2, 0.25) is 0 Å². The highest BCUT2D eigenvalue weighted by Gasteiger charge is 2.20. The van der Waals surface area contributed by atoms with Crippen LogP contribution in [0, 0.1) is 0 Å². The molecule has 0 aliphatic heterocycles. The molecule has 0 amide bonds. The Hall–Kier alpha value is -1.76. The molecular formula is C16H14O4S2. The van der Waals surface area contributed by atoms with E-state index in [1.54, 1.807) is 30.3 Å². The van der Waals surface area contributed by atoms with E-state index in [0.717, 1.165) is 5.56 Å². The number of hydrogen-bond donors (Lipinski definition) is 1. The molecule has 0 spiro atoms. The molecule has 0 aliphatic carbocycles. The van der Waals surface area contributed by atoms with Crippen LogP contribution in [-0.2, 0) is 10.1 Å². The van der Waals surface area contributed by atoms with Gasteiger partial charge in [-0.05, 0) is 29.7 Å². The van der Waals surface area contributed by atoms with Gasteiger partial charge in [-0.2, -0.15) is 8.42 Å². The summed E-state index contributed by atoms with van der Waals surface area (Å²) in [6.07, 6.45) is 0. The van der Waals surface area contributed by atoms with E-state index in [9.17, 15) is 17.8 Å². The van der Waals surface area contributed by atoms with Crippen LogP contribution in [0.15, 0.2) is 46.1 Å². The average Bonchev–Trinajstić information content (AvgIpc) is 2.45. The summed E-state index contributed by atoms with van der Waals surface area (Å²) >= 11 is 1.21. The van der Waals surface area contributed by atoms with Gasteiger partial charge in [-0.3, -0.25) is 9.35 Å². The maximum atomic E-state index is 12.8. The molecule has 0 aliphatic rings. The van der Waals surface area contributed by atoms with E-state index in [-0.39, 0.29) is 16.2 Å². The number of benzene rings is 2. The van der Waals surface area contributed by atoms with Crippen LogP contribution in [0.1, 0.15) is 25.3 Å². The SMILES string of the molecule is CC(C)c1ccc(S(=O)(=O)O)c2sc3ccccc3c(=O)c12. The number of hydrogen-bond acceptors (Lipinski definition) is 4. The van der Waals surface area contributed by atoms with Crippen LogP contribution in [0.5, 0.6) is 0 Å². The Kier molecular flexibility index (Phi) is 3.55. The summed E-state index contributed by atoms with van der Waals surface area (Å²) in [5.74, 6) is 0.0685. The van der Waals surface area contributed by atoms with Crippen LogP contribution in [-0.4, -0.2) is 13.0 Å². The zero-order valence-corrected chi connectivity index (χ0v) is 13.7. The van der Waals surface area contributed by atoms with E-state index >= 15 is 0 Å². The van der Waals surface area contributed by atoms with Crippen LogP contribution < -0.4 is 5.43 Å².